The minimum Gasteiger partial charge on any atom is -0.323 e. The summed E-state index contributed by atoms with van der Waals surface area (Å²) in [6.07, 6.45) is 0. The van der Waals surface area contributed by atoms with Gasteiger partial charge in [-0.15, -0.1) is 0 Å². The zero-order chi connectivity index (χ0) is 24.3. The molecule has 5 aromatic carbocycles. The maximum absolute atomic E-state index is 5.09. The molecule has 4 heteroatoms. The van der Waals surface area contributed by atoms with Crippen molar-refractivity contribution in [1.82, 2.24) is 18.9 Å². The Labute approximate surface area is 213 Å². The molecular weight excluding hydrogens is 452 g/mol. The zero-order valence-electron chi connectivity index (χ0n) is 20.0. The van der Waals surface area contributed by atoms with E-state index in [1.54, 1.807) is 0 Å². The van der Waals surface area contributed by atoms with E-state index in [0.717, 1.165) is 45.0 Å². The average Bonchev–Trinajstić information content (AvgIpc) is 3.61. The zero-order valence-corrected chi connectivity index (χ0v) is 20.0. The van der Waals surface area contributed by atoms with Crippen molar-refractivity contribution in [3.8, 4) is 28.2 Å². The number of nitrogens with one attached hydrogen (secondary N) is 1. The lowest BCUT2D eigenvalue weighted by Crippen LogP contribution is -1.93. The summed E-state index contributed by atoms with van der Waals surface area (Å²) in [6, 6.07) is 44.9. The molecule has 3 aromatic heterocycles. The molecule has 0 fully saturated rings. The second-order valence-electron chi connectivity index (χ2n) is 9.40. The number of fused-ring (bicyclic) bond motifs is 6. The summed E-state index contributed by atoms with van der Waals surface area (Å²) in [5, 5.41) is 2.47. The topological polar surface area (TPSA) is 38.0 Å². The van der Waals surface area contributed by atoms with Gasteiger partial charge >= 0.3 is 0 Å². The number of hydrogen-bond acceptors (Lipinski definition) is 1. The molecule has 0 aliphatic carbocycles. The third-order valence-corrected chi connectivity index (χ3v) is 7.28. The molecule has 0 bridgehead atoms. The van der Waals surface area contributed by atoms with Crippen LogP contribution < -0.4 is 0 Å². The molecule has 0 aliphatic rings. The molecule has 1 N–H and O–H groups in total. The number of hydrogen-bond donors (Lipinski definition) is 1. The highest BCUT2D eigenvalue weighted by Crippen LogP contribution is 2.39. The average molecular weight is 475 g/mol. The summed E-state index contributed by atoms with van der Waals surface area (Å²) in [7, 11) is 0. The normalized spacial score (nSPS) is 11.8. The molecule has 0 atom stereocenters. The lowest BCUT2D eigenvalue weighted by atomic mass is 10.0. The van der Waals surface area contributed by atoms with E-state index in [1.165, 1.54) is 21.8 Å². The lowest BCUT2D eigenvalue weighted by Gasteiger charge is -2.09. The van der Waals surface area contributed by atoms with Gasteiger partial charge in [-0.05, 0) is 42.5 Å². The van der Waals surface area contributed by atoms with E-state index >= 15 is 0 Å². The Kier molecular flexibility index (Phi) is 4.19. The van der Waals surface area contributed by atoms with Gasteiger partial charge in [0, 0.05) is 27.6 Å². The highest BCUT2D eigenvalue weighted by Gasteiger charge is 2.21. The largest absolute Gasteiger partial charge is 0.323 e. The van der Waals surface area contributed by atoms with Crippen molar-refractivity contribution in [2.75, 3.05) is 0 Å². The van der Waals surface area contributed by atoms with Crippen LogP contribution in [-0.2, 0) is 0 Å². The molecule has 0 saturated carbocycles. The van der Waals surface area contributed by atoms with Crippen LogP contribution in [0.5, 0.6) is 0 Å². The van der Waals surface area contributed by atoms with Gasteiger partial charge in [0.2, 0.25) is 5.78 Å². The minimum atomic E-state index is 0.849. The third kappa shape index (κ3) is 2.93. The van der Waals surface area contributed by atoms with Gasteiger partial charge in [0.05, 0.1) is 33.5 Å². The first-order valence-corrected chi connectivity index (χ1v) is 12.5. The third-order valence-electron chi connectivity index (χ3n) is 7.28. The van der Waals surface area contributed by atoms with E-state index in [0.29, 0.717) is 0 Å². The first kappa shape index (κ1) is 20.1. The van der Waals surface area contributed by atoms with Crippen molar-refractivity contribution < 1.29 is 0 Å². The van der Waals surface area contributed by atoms with Crippen LogP contribution >= 0.6 is 0 Å². The summed E-state index contributed by atoms with van der Waals surface area (Å²) in [5.74, 6) is 0.849. The Hall–Kier alpha value is -5.09. The van der Waals surface area contributed by atoms with Crippen LogP contribution in [0.25, 0.3) is 66.8 Å². The van der Waals surface area contributed by atoms with E-state index in [-0.39, 0.29) is 0 Å². The number of aromatic nitrogens is 4. The first-order chi connectivity index (χ1) is 18.4. The van der Waals surface area contributed by atoms with Crippen molar-refractivity contribution in [3.05, 3.63) is 127 Å². The smallest absolute Gasteiger partial charge is 0.213 e. The van der Waals surface area contributed by atoms with E-state index in [4.69, 9.17) is 4.98 Å². The quantitative estimate of drug-likeness (QED) is 0.275. The number of imidazole rings is 2. The summed E-state index contributed by atoms with van der Waals surface area (Å²) in [4.78, 5) is 8.61. The van der Waals surface area contributed by atoms with E-state index in [9.17, 15) is 0 Å². The Morgan fingerprint density at radius 2 is 1.22 bits per heavy atom. The molecule has 0 amide bonds. The van der Waals surface area contributed by atoms with Crippen LogP contribution in [-0.4, -0.2) is 18.9 Å². The molecule has 37 heavy (non-hydrogen) atoms. The maximum Gasteiger partial charge on any atom is 0.213 e. The van der Waals surface area contributed by atoms with Gasteiger partial charge in [0.15, 0.2) is 0 Å². The van der Waals surface area contributed by atoms with E-state index in [1.807, 2.05) is 6.07 Å². The van der Waals surface area contributed by atoms with Crippen LogP contribution in [0.4, 0.5) is 0 Å². The first-order valence-electron chi connectivity index (χ1n) is 12.5. The summed E-state index contributed by atoms with van der Waals surface area (Å²) < 4.78 is 4.61. The number of nitrogens with zero attached hydrogens (tertiary/aromatic N) is 3. The summed E-state index contributed by atoms with van der Waals surface area (Å²) in [5.41, 5.74) is 10.1. The van der Waals surface area contributed by atoms with E-state index in [2.05, 4.69) is 135 Å². The fourth-order valence-electron chi connectivity index (χ4n) is 5.67. The van der Waals surface area contributed by atoms with Crippen LogP contribution in [0.15, 0.2) is 127 Å². The molecule has 0 saturated heterocycles. The Morgan fingerprint density at radius 1 is 0.541 bits per heavy atom. The molecule has 3 heterocycles. The van der Waals surface area contributed by atoms with Crippen molar-refractivity contribution in [2.45, 2.75) is 0 Å². The minimum absolute atomic E-state index is 0.849. The number of benzene rings is 5. The monoisotopic (exact) mass is 474 g/mol. The Morgan fingerprint density at radius 3 is 2.05 bits per heavy atom. The van der Waals surface area contributed by atoms with Crippen molar-refractivity contribution >= 4 is 38.6 Å². The van der Waals surface area contributed by atoms with Gasteiger partial charge in [0.25, 0.3) is 0 Å². The summed E-state index contributed by atoms with van der Waals surface area (Å²) in [6.45, 7) is 0. The predicted molar refractivity (Wildman–Crippen MR) is 152 cm³/mol. The fourth-order valence-corrected chi connectivity index (χ4v) is 5.67. The number of rotatable bonds is 3. The lowest BCUT2D eigenvalue weighted by molar-refractivity contribution is 1.18. The second kappa shape index (κ2) is 7.70. The molecule has 174 valence electrons. The van der Waals surface area contributed by atoms with Crippen LogP contribution in [0.1, 0.15) is 0 Å². The molecule has 8 aromatic rings. The van der Waals surface area contributed by atoms with Crippen molar-refractivity contribution in [2.24, 2.45) is 0 Å². The molecule has 0 aliphatic heterocycles. The molecule has 0 spiro atoms. The fraction of sp³-hybridized carbons (Fsp3) is 0. The Balaban J connectivity index is 1.47. The van der Waals surface area contributed by atoms with Gasteiger partial charge in [-0.25, -0.2) is 4.98 Å². The molecule has 8 rings (SSSR count). The molecule has 0 unspecified atom stereocenters. The van der Waals surface area contributed by atoms with Gasteiger partial charge < -0.3 is 9.55 Å². The Bertz CT molecular complexity index is 2080. The number of para-hydroxylation sites is 4. The van der Waals surface area contributed by atoms with Gasteiger partial charge in [0.1, 0.15) is 0 Å². The van der Waals surface area contributed by atoms with Crippen molar-refractivity contribution in [3.63, 3.8) is 0 Å². The highest BCUT2D eigenvalue weighted by atomic mass is 15.1. The maximum atomic E-state index is 5.09. The number of aromatic amines is 1. The number of H-pyrrole nitrogens is 1. The van der Waals surface area contributed by atoms with Crippen LogP contribution in [0.3, 0.4) is 0 Å². The molecular formula is C33H22N4. The standard InChI is InChI=1S/C33H22N4/c1-3-11-22(12-4-1)31-32(37-30-18-10-8-16-27(30)34-33(37)35-31)23-19-20-29-26(21-23)25-15-7-9-17-28(25)36(29)24-13-5-2-6-14-24/h1-21H,(H,34,35). The van der Waals surface area contributed by atoms with Gasteiger partial charge in [-0.2, -0.15) is 0 Å². The SMILES string of the molecule is c1ccc(-c2nc3[nH]c4ccccc4n3c2-c2ccc3c(c2)c2ccccc2n3-c2ccccc2)cc1. The molecule has 0 radical (unpaired) electrons. The van der Waals surface area contributed by atoms with Gasteiger partial charge in [-0.3, -0.25) is 4.40 Å². The van der Waals surface area contributed by atoms with E-state index < -0.39 is 0 Å². The van der Waals surface area contributed by atoms with Gasteiger partial charge in [-0.1, -0.05) is 84.9 Å². The van der Waals surface area contributed by atoms with Crippen molar-refractivity contribution in [1.29, 1.82) is 0 Å². The predicted octanol–water partition coefficient (Wildman–Crippen LogP) is 8.25. The van der Waals surface area contributed by atoms with Crippen LogP contribution in [0.2, 0.25) is 0 Å². The summed E-state index contributed by atoms with van der Waals surface area (Å²) >= 11 is 0. The molecule has 4 nitrogen and oxygen atoms in total. The highest BCUT2D eigenvalue weighted by molar-refractivity contribution is 6.10. The second-order valence-corrected chi connectivity index (χ2v) is 9.40. The van der Waals surface area contributed by atoms with Crippen LogP contribution in [0, 0.1) is 0 Å².